The van der Waals surface area contributed by atoms with Gasteiger partial charge in [-0.2, -0.15) is 0 Å². The first-order chi connectivity index (χ1) is 18.3. The molecule has 1 aliphatic rings. The first-order valence-electron chi connectivity index (χ1n) is 12.3. The Labute approximate surface area is 236 Å². The maximum absolute atomic E-state index is 13.0. The number of nitrogens with zero attached hydrogens (tertiary/aromatic N) is 1. The van der Waals surface area contributed by atoms with Crippen LogP contribution in [0.1, 0.15) is 65.3 Å². The van der Waals surface area contributed by atoms with Crippen LogP contribution in [0.25, 0.3) is 0 Å². The third-order valence-electron chi connectivity index (χ3n) is 6.63. The van der Waals surface area contributed by atoms with E-state index in [0.717, 1.165) is 18.2 Å². The number of esters is 1. The lowest BCUT2D eigenvalue weighted by atomic mass is 9.82. The fourth-order valence-electron chi connectivity index (χ4n) is 4.59. The van der Waals surface area contributed by atoms with Gasteiger partial charge in [-0.05, 0) is 43.5 Å². The van der Waals surface area contributed by atoms with Crippen LogP contribution in [0.2, 0.25) is 0 Å². The zero-order valence-electron chi connectivity index (χ0n) is 21.2. The number of phenolic OH excluding ortho intramolecular Hbond substituents is 2. The molecule has 7 nitrogen and oxygen atoms in total. The normalized spacial score (nSPS) is 11.8. The Bertz CT molecular complexity index is 1560. The number of carbonyl (C=O) groups is 3. The van der Waals surface area contributed by atoms with E-state index in [2.05, 4.69) is 35.8 Å². The zero-order chi connectivity index (χ0) is 26.8. The van der Waals surface area contributed by atoms with E-state index in [-0.39, 0.29) is 57.2 Å². The topological polar surface area (TPSA) is 105 Å². The summed E-state index contributed by atoms with van der Waals surface area (Å²) in [5.41, 5.74) is 3.08. The molecule has 1 heterocycles. The van der Waals surface area contributed by atoms with Crippen molar-refractivity contribution in [3.05, 3.63) is 124 Å². The maximum Gasteiger partial charge on any atom is 0.338 e. The third-order valence-corrected chi connectivity index (χ3v) is 6.63. The second kappa shape index (κ2) is 11.6. The van der Waals surface area contributed by atoms with Gasteiger partial charge in [0.05, 0.1) is 23.3 Å². The number of halogens is 1. The Kier molecular flexibility index (Phi) is 8.26. The molecule has 1 aromatic heterocycles. The van der Waals surface area contributed by atoms with Gasteiger partial charge in [-0.15, -0.1) is 0 Å². The molecule has 0 fully saturated rings. The number of carbonyl (C=O) groups excluding carboxylic acids is 3. The first-order valence-corrected chi connectivity index (χ1v) is 12.3. The summed E-state index contributed by atoms with van der Waals surface area (Å²) < 4.78 is 7.47. The van der Waals surface area contributed by atoms with Gasteiger partial charge in [0.15, 0.2) is 24.7 Å². The second-order valence-electron chi connectivity index (χ2n) is 9.38. The van der Waals surface area contributed by atoms with Crippen molar-refractivity contribution in [2.24, 2.45) is 0 Å². The van der Waals surface area contributed by atoms with Gasteiger partial charge in [-0.3, -0.25) is 9.59 Å². The monoisotopic (exact) mass is 587 g/mol. The van der Waals surface area contributed by atoms with Crippen molar-refractivity contribution in [1.29, 1.82) is 0 Å². The number of fused-ring (bicyclic) bond motifs is 2. The van der Waals surface area contributed by atoms with Crippen LogP contribution in [0.15, 0.2) is 79.1 Å². The Morgan fingerprint density at radius 1 is 0.821 bits per heavy atom. The molecular formula is C31H26BrNO6. The number of hydrogen-bond acceptors (Lipinski definition) is 6. The molecule has 8 heteroatoms. The number of ether oxygens (including phenoxy) is 1. The highest BCUT2D eigenvalue weighted by Crippen LogP contribution is 2.37. The van der Waals surface area contributed by atoms with Crippen LogP contribution < -0.4 is 21.5 Å². The van der Waals surface area contributed by atoms with Crippen LogP contribution in [0, 0.1) is 6.92 Å². The number of aromatic hydroxyl groups is 2. The van der Waals surface area contributed by atoms with E-state index in [1.807, 2.05) is 24.5 Å². The van der Waals surface area contributed by atoms with Gasteiger partial charge < -0.3 is 31.9 Å². The average molecular weight is 588 g/mol. The SMILES string of the molecule is Cc1ccc(C[n+]2ccc(CCCOC(=O)c3cc(O)c4c(c3)C(=O)c3cccc(O)c3C4=O)cc2)cc1.[Br-]. The zero-order valence-corrected chi connectivity index (χ0v) is 22.8. The standard InChI is InChI=1S/C31H25NO6.BrH/c1-19-7-9-21(10-8-19)18-32-13-11-20(12-14-32)4-3-15-38-31(37)22-16-24-28(26(34)17-22)30(36)27-23(29(24)35)5-2-6-25(27)33;/h2,5-14,16-17H,3-4,15,18H2,1H3,(H-,33,34,36);1H. The lowest BCUT2D eigenvalue weighted by Crippen LogP contribution is -3.00. The molecule has 4 aromatic rings. The van der Waals surface area contributed by atoms with Crippen LogP contribution in [0.4, 0.5) is 0 Å². The molecule has 1 aliphatic carbocycles. The molecule has 5 rings (SSSR count). The van der Waals surface area contributed by atoms with Gasteiger partial charge in [0.25, 0.3) is 0 Å². The summed E-state index contributed by atoms with van der Waals surface area (Å²) in [6.45, 7) is 3.00. The number of aromatic nitrogens is 1. The predicted octanol–water partition coefficient (Wildman–Crippen LogP) is 1.31. The van der Waals surface area contributed by atoms with E-state index >= 15 is 0 Å². The highest BCUT2D eigenvalue weighted by Gasteiger charge is 2.35. The van der Waals surface area contributed by atoms with E-state index in [1.165, 1.54) is 35.4 Å². The van der Waals surface area contributed by atoms with Crippen molar-refractivity contribution in [1.82, 2.24) is 0 Å². The van der Waals surface area contributed by atoms with Crippen LogP contribution in [-0.4, -0.2) is 34.4 Å². The van der Waals surface area contributed by atoms with Crippen molar-refractivity contribution in [3.8, 4) is 11.5 Å². The van der Waals surface area contributed by atoms with Crippen molar-refractivity contribution in [2.75, 3.05) is 6.61 Å². The molecule has 0 amide bonds. The number of aryl methyl sites for hydroxylation is 2. The minimum Gasteiger partial charge on any atom is -1.00 e. The molecule has 0 saturated carbocycles. The van der Waals surface area contributed by atoms with E-state index in [4.69, 9.17) is 4.74 Å². The number of pyridine rings is 1. The van der Waals surface area contributed by atoms with E-state index in [1.54, 1.807) is 0 Å². The quantitative estimate of drug-likeness (QED) is 0.169. The summed E-state index contributed by atoms with van der Waals surface area (Å²) in [6.07, 6.45) is 5.34. The molecule has 39 heavy (non-hydrogen) atoms. The molecule has 198 valence electrons. The van der Waals surface area contributed by atoms with Crippen LogP contribution in [-0.2, 0) is 17.7 Å². The largest absolute Gasteiger partial charge is 1.00 e. The Morgan fingerprint density at radius 3 is 2.23 bits per heavy atom. The predicted molar refractivity (Wildman–Crippen MR) is 139 cm³/mol. The van der Waals surface area contributed by atoms with Gasteiger partial charge in [0, 0.05) is 28.8 Å². The number of rotatable bonds is 7. The number of benzene rings is 3. The molecule has 0 atom stereocenters. The lowest BCUT2D eigenvalue weighted by Gasteiger charge is -2.19. The summed E-state index contributed by atoms with van der Waals surface area (Å²) in [4.78, 5) is 38.5. The molecule has 3 aromatic carbocycles. The highest BCUT2D eigenvalue weighted by atomic mass is 79.9. The Balaban J connectivity index is 0.00000353. The summed E-state index contributed by atoms with van der Waals surface area (Å²) in [5, 5.41) is 20.5. The maximum atomic E-state index is 13.0. The molecular weight excluding hydrogens is 562 g/mol. The minimum absolute atomic E-state index is 0. The summed E-state index contributed by atoms with van der Waals surface area (Å²) in [6, 6.07) is 19.1. The Hall–Kier alpha value is -4.30. The lowest BCUT2D eigenvalue weighted by molar-refractivity contribution is -0.688. The number of phenols is 2. The van der Waals surface area contributed by atoms with Gasteiger partial charge in [-0.1, -0.05) is 42.0 Å². The van der Waals surface area contributed by atoms with Crippen LogP contribution in [0.3, 0.4) is 0 Å². The molecule has 2 N–H and O–H groups in total. The molecule has 0 radical (unpaired) electrons. The summed E-state index contributed by atoms with van der Waals surface area (Å²) in [7, 11) is 0. The number of hydrogen-bond donors (Lipinski definition) is 2. The average Bonchev–Trinajstić information content (AvgIpc) is 2.91. The van der Waals surface area contributed by atoms with Crippen LogP contribution >= 0.6 is 0 Å². The fraction of sp³-hybridized carbons (Fsp3) is 0.161. The smallest absolute Gasteiger partial charge is 0.338 e. The second-order valence-corrected chi connectivity index (χ2v) is 9.38. The number of ketones is 2. The van der Waals surface area contributed by atoms with E-state index in [0.29, 0.717) is 12.8 Å². The highest BCUT2D eigenvalue weighted by molar-refractivity contribution is 6.30. The minimum atomic E-state index is -0.700. The van der Waals surface area contributed by atoms with E-state index < -0.39 is 23.3 Å². The van der Waals surface area contributed by atoms with Crippen molar-refractivity contribution in [2.45, 2.75) is 26.3 Å². The van der Waals surface area contributed by atoms with Crippen molar-refractivity contribution >= 4 is 17.5 Å². The summed E-state index contributed by atoms with van der Waals surface area (Å²) >= 11 is 0. The molecule has 0 aliphatic heterocycles. The molecule has 0 unspecified atom stereocenters. The van der Waals surface area contributed by atoms with Gasteiger partial charge in [0.1, 0.15) is 11.5 Å². The van der Waals surface area contributed by atoms with E-state index in [9.17, 15) is 24.6 Å². The van der Waals surface area contributed by atoms with Gasteiger partial charge in [0.2, 0.25) is 5.78 Å². The fourth-order valence-corrected chi connectivity index (χ4v) is 4.59. The molecule has 0 saturated heterocycles. The van der Waals surface area contributed by atoms with Gasteiger partial charge >= 0.3 is 5.97 Å². The van der Waals surface area contributed by atoms with Gasteiger partial charge in [-0.25, -0.2) is 9.36 Å². The molecule has 0 bridgehead atoms. The van der Waals surface area contributed by atoms with Crippen molar-refractivity contribution < 1.29 is 50.9 Å². The third kappa shape index (κ3) is 5.76. The summed E-state index contributed by atoms with van der Waals surface area (Å²) in [5.74, 6) is -2.78. The first kappa shape index (κ1) is 27.7. The van der Waals surface area contributed by atoms with Crippen LogP contribution in [0.5, 0.6) is 11.5 Å². The Morgan fingerprint density at radius 2 is 1.51 bits per heavy atom. The van der Waals surface area contributed by atoms with Crippen molar-refractivity contribution in [3.63, 3.8) is 0 Å². The molecule has 0 spiro atoms.